The van der Waals surface area contributed by atoms with Crippen LogP contribution < -0.4 is 14.8 Å². The third-order valence-electron chi connectivity index (χ3n) is 4.67. The molecular weight excluding hydrogens is 328 g/mol. The van der Waals surface area contributed by atoms with Gasteiger partial charge in [-0.05, 0) is 37.1 Å². The molecule has 0 radical (unpaired) electrons. The summed E-state index contributed by atoms with van der Waals surface area (Å²) in [7, 11) is 0. The van der Waals surface area contributed by atoms with Crippen molar-refractivity contribution in [1.29, 1.82) is 0 Å². The van der Waals surface area contributed by atoms with Crippen LogP contribution in [0, 0.1) is 0 Å². The van der Waals surface area contributed by atoms with Gasteiger partial charge in [-0.25, -0.2) is 0 Å². The van der Waals surface area contributed by atoms with Crippen LogP contribution in [0.4, 0.5) is 5.69 Å². The molecule has 0 bridgehead atoms. The normalized spacial score (nSPS) is 21.5. The molecule has 1 atom stereocenters. The molecule has 0 spiro atoms. The summed E-state index contributed by atoms with van der Waals surface area (Å²) in [5.74, 6) is 1.26. The molecule has 1 amide bonds. The number of benzene rings is 2. The third-order valence-corrected chi connectivity index (χ3v) is 4.95. The fraction of sp³-hybridized carbons (Fsp3) is 0.278. The highest BCUT2D eigenvalue weighted by atomic mass is 35.5. The van der Waals surface area contributed by atoms with Crippen LogP contribution in [-0.4, -0.2) is 23.6 Å². The minimum absolute atomic E-state index is 0.0608. The van der Waals surface area contributed by atoms with Crippen LogP contribution in [0.15, 0.2) is 36.4 Å². The van der Waals surface area contributed by atoms with Crippen LogP contribution in [0.2, 0.25) is 5.02 Å². The van der Waals surface area contributed by atoms with Crippen molar-refractivity contribution >= 4 is 23.2 Å². The summed E-state index contributed by atoms with van der Waals surface area (Å²) < 4.78 is 10.9. The average molecular weight is 343 g/mol. The van der Waals surface area contributed by atoms with Crippen LogP contribution in [0.5, 0.6) is 11.5 Å². The molecule has 5 rings (SSSR count). The molecule has 1 N–H and O–H groups in total. The standard InChI is InChI=1S/C18H15ClN2O3/c19-13-7-10(8-15-16(13)24-9-23-15)17-20-14-4-2-1-3-12(14)18(22)21(17)11-5-6-11/h1-4,7-8,11,17,20H,5-6,9H2. The number of carbonyl (C=O) groups excluding carboxylic acids is 1. The maximum atomic E-state index is 13.0. The molecule has 0 aromatic heterocycles. The van der Waals surface area contributed by atoms with E-state index in [4.69, 9.17) is 21.1 Å². The molecule has 2 heterocycles. The zero-order chi connectivity index (χ0) is 16.3. The summed E-state index contributed by atoms with van der Waals surface area (Å²) in [5, 5.41) is 3.99. The van der Waals surface area contributed by atoms with Crippen LogP contribution >= 0.6 is 11.6 Å². The van der Waals surface area contributed by atoms with E-state index in [9.17, 15) is 4.79 Å². The summed E-state index contributed by atoms with van der Waals surface area (Å²) >= 11 is 6.34. The number of nitrogens with zero attached hydrogens (tertiary/aromatic N) is 1. The second-order valence-electron chi connectivity index (χ2n) is 6.27. The number of para-hydroxylation sites is 1. The number of hydrogen-bond donors (Lipinski definition) is 1. The molecule has 122 valence electrons. The van der Waals surface area contributed by atoms with Gasteiger partial charge < -0.3 is 19.7 Å². The van der Waals surface area contributed by atoms with Crippen LogP contribution in [-0.2, 0) is 0 Å². The van der Waals surface area contributed by atoms with Gasteiger partial charge in [0.2, 0.25) is 6.79 Å². The molecule has 2 aliphatic heterocycles. The summed E-state index contributed by atoms with van der Waals surface area (Å²) in [4.78, 5) is 14.9. The highest BCUT2D eigenvalue weighted by molar-refractivity contribution is 6.32. The molecule has 24 heavy (non-hydrogen) atoms. The van der Waals surface area contributed by atoms with E-state index in [0.717, 1.165) is 24.1 Å². The van der Waals surface area contributed by atoms with E-state index in [2.05, 4.69) is 5.32 Å². The van der Waals surface area contributed by atoms with Gasteiger partial charge in [0.05, 0.1) is 10.6 Å². The number of anilines is 1. The maximum absolute atomic E-state index is 13.0. The Kier molecular flexibility index (Phi) is 2.94. The zero-order valence-corrected chi connectivity index (χ0v) is 13.5. The first-order chi connectivity index (χ1) is 11.7. The van der Waals surface area contributed by atoms with Crippen LogP contribution in [0.25, 0.3) is 0 Å². The van der Waals surface area contributed by atoms with Gasteiger partial charge in [-0.1, -0.05) is 23.7 Å². The van der Waals surface area contributed by atoms with Crippen molar-refractivity contribution < 1.29 is 14.3 Å². The smallest absolute Gasteiger partial charge is 0.258 e. The molecule has 5 nitrogen and oxygen atoms in total. The van der Waals surface area contributed by atoms with Gasteiger partial charge >= 0.3 is 0 Å². The number of halogens is 1. The second-order valence-corrected chi connectivity index (χ2v) is 6.68. The van der Waals surface area contributed by atoms with Crippen LogP contribution in [0.1, 0.15) is 34.9 Å². The fourth-order valence-corrected chi connectivity index (χ4v) is 3.66. The lowest BCUT2D eigenvalue weighted by Gasteiger charge is -2.38. The molecule has 0 saturated heterocycles. The molecule has 3 aliphatic rings. The van der Waals surface area contributed by atoms with Gasteiger partial charge in [0, 0.05) is 17.3 Å². The van der Waals surface area contributed by atoms with E-state index in [1.807, 2.05) is 41.3 Å². The van der Waals surface area contributed by atoms with Gasteiger partial charge in [-0.3, -0.25) is 4.79 Å². The lowest BCUT2D eigenvalue weighted by Crippen LogP contribution is -2.44. The Morgan fingerprint density at radius 3 is 2.83 bits per heavy atom. The van der Waals surface area contributed by atoms with E-state index < -0.39 is 0 Å². The molecular formula is C18H15ClN2O3. The van der Waals surface area contributed by atoms with Gasteiger partial charge in [-0.2, -0.15) is 0 Å². The van der Waals surface area contributed by atoms with Gasteiger partial charge in [0.25, 0.3) is 5.91 Å². The highest BCUT2D eigenvalue weighted by Gasteiger charge is 2.42. The molecule has 1 unspecified atom stereocenters. The third kappa shape index (κ3) is 2.04. The predicted molar refractivity (Wildman–Crippen MR) is 89.6 cm³/mol. The maximum Gasteiger partial charge on any atom is 0.258 e. The molecule has 2 aromatic rings. The second kappa shape index (κ2) is 5.05. The summed E-state index contributed by atoms with van der Waals surface area (Å²) in [6, 6.07) is 11.6. The van der Waals surface area contributed by atoms with E-state index >= 15 is 0 Å². The van der Waals surface area contributed by atoms with Crippen molar-refractivity contribution in [3.63, 3.8) is 0 Å². The van der Waals surface area contributed by atoms with Gasteiger partial charge in [0.15, 0.2) is 11.5 Å². The van der Waals surface area contributed by atoms with Crippen molar-refractivity contribution in [3.05, 3.63) is 52.5 Å². The van der Waals surface area contributed by atoms with E-state index in [1.54, 1.807) is 0 Å². The van der Waals surface area contributed by atoms with Crippen molar-refractivity contribution in [1.82, 2.24) is 4.90 Å². The number of ether oxygens (including phenoxy) is 2. The monoisotopic (exact) mass is 342 g/mol. The molecule has 6 heteroatoms. The number of fused-ring (bicyclic) bond motifs is 2. The summed E-state index contributed by atoms with van der Waals surface area (Å²) in [6.45, 7) is 0.171. The van der Waals surface area contributed by atoms with E-state index in [-0.39, 0.29) is 24.9 Å². The Balaban J connectivity index is 1.62. The Hall–Kier alpha value is -2.40. The first kappa shape index (κ1) is 14.0. The van der Waals surface area contributed by atoms with E-state index in [1.165, 1.54) is 0 Å². The Morgan fingerprint density at radius 1 is 1.17 bits per heavy atom. The Morgan fingerprint density at radius 2 is 2.00 bits per heavy atom. The minimum Gasteiger partial charge on any atom is -0.454 e. The summed E-state index contributed by atoms with van der Waals surface area (Å²) in [5.41, 5.74) is 2.46. The lowest BCUT2D eigenvalue weighted by molar-refractivity contribution is 0.0666. The fourth-order valence-electron chi connectivity index (χ4n) is 3.39. The molecule has 1 aliphatic carbocycles. The molecule has 1 saturated carbocycles. The topological polar surface area (TPSA) is 50.8 Å². The van der Waals surface area contributed by atoms with Crippen LogP contribution in [0.3, 0.4) is 0 Å². The van der Waals surface area contributed by atoms with Gasteiger partial charge in [-0.15, -0.1) is 0 Å². The largest absolute Gasteiger partial charge is 0.454 e. The van der Waals surface area contributed by atoms with E-state index in [0.29, 0.717) is 22.1 Å². The molecule has 1 fully saturated rings. The number of carbonyl (C=O) groups is 1. The van der Waals surface area contributed by atoms with Crippen molar-refractivity contribution in [2.75, 3.05) is 12.1 Å². The Labute approximate surface area is 144 Å². The van der Waals surface area contributed by atoms with Crippen molar-refractivity contribution in [2.45, 2.75) is 25.0 Å². The first-order valence-electron chi connectivity index (χ1n) is 7.99. The van der Waals surface area contributed by atoms with Crippen molar-refractivity contribution in [2.24, 2.45) is 0 Å². The number of hydrogen-bond acceptors (Lipinski definition) is 4. The quantitative estimate of drug-likeness (QED) is 0.902. The molecule has 2 aromatic carbocycles. The zero-order valence-electron chi connectivity index (χ0n) is 12.8. The lowest BCUT2D eigenvalue weighted by atomic mass is 10.0. The average Bonchev–Trinajstić information content (AvgIpc) is 3.30. The number of amides is 1. The number of rotatable bonds is 2. The highest BCUT2D eigenvalue weighted by Crippen LogP contribution is 2.45. The Bertz CT molecular complexity index is 850. The first-order valence-corrected chi connectivity index (χ1v) is 8.37. The summed E-state index contributed by atoms with van der Waals surface area (Å²) in [6.07, 6.45) is 1.81. The SMILES string of the molecule is O=C1c2ccccc2NC(c2cc(Cl)c3c(c2)OCO3)N1C1CC1. The van der Waals surface area contributed by atoms with Gasteiger partial charge in [0.1, 0.15) is 6.17 Å². The van der Waals surface area contributed by atoms with Crippen molar-refractivity contribution in [3.8, 4) is 11.5 Å². The minimum atomic E-state index is -0.258. The number of nitrogens with one attached hydrogen (secondary N) is 1. The predicted octanol–water partition coefficient (Wildman–Crippen LogP) is 3.80.